The van der Waals surface area contributed by atoms with Gasteiger partial charge in [0.05, 0.1) is 17.9 Å². The van der Waals surface area contributed by atoms with E-state index in [-0.39, 0.29) is 35.2 Å². The lowest BCUT2D eigenvalue weighted by molar-refractivity contribution is -0.120. The molecule has 7 nitrogen and oxygen atoms in total. The number of halogens is 3. The molecule has 1 fully saturated rings. The minimum atomic E-state index is -3.88. The van der Waals surface area contributed by atoms with Crippen molar-refractivity contribution in [1.29, 1.82) is 0 Å². The fourth-order valence-corrected chi connectivity index (χ4v) is 4.84. The van der Waals surface area contributed by atoms with Crippen LogP contribution in [0.25, 0.3) is 0 Å². The van der Waals surface area contributed by atoms with Crippen molar-refractivity contribution >= 4 is 21.6 Å². The Kier molecular flexibility index (Phi) is 7.06. The largest absolute Gasteiger partial charge is 0.493 e. The van der Waals surface area contributed by atoms with Gasteiger partial charge < -0.3 is 14.8 Å². The molecule has 1 unspecified atom stereocenters. The summed E-state index contributed by atoms with van der Waals surface area (Å²) < 4.78 is 74.5. The predicted molar refractivity (Wildman–Crippen MR) is 106 cm³/mol. The Labute approximate surface area is 177 Å². The molecule has 31 heavy (non-hydrogen) atoms. The van der Waals surface area contributed by atoms with Crippen LogP contribution >= 0.6 is 0 Å². The Morgan fingerprint density at radius 1 is 1.16 bits per heavy atom. The maximum Gasteiger partial charge on any atom is 0.387 e. The maximum atomic E-state index is 13.1. The van der Waals surface area contributed by atoms with E-state index in [4.69, 9.17) is 4.74 Å². The van der Waals surface area contributed by atoms with Gasteiger partial charge in [0.25, 0.3) is 0 Å². The van der Waals surface area contributed by atoms with Crippen molar-refractivity contribution in [1.82, 2.24) is 4.31 Å². The molecule has 1 saturated heterocycles. The van der Waals surface area contributed by atoms with E-state index in [1.165, 1.54) is 41.7 Å². The SMILES string of the molecule is COc1ccc(NC(=O)C2CCCN(S(=O)(=O)c3ccc(F)cc3)C2)cc1OC(F)F. The number of hydrogen-bond donors (Lipinski definition) is 1. The van der Waals surface area contributed by atoms with Gasteiger partial charge in [0.2, 0.25) is 15.9 Å². The molecule has 2 aromatic rings. The van der Waals surface area contributed by atoms with Crippen LogP contribution in [0, 0.1) is 11.7 Å². The number of benzene rings is 2. The summed E-state index contributed by atoms with van der Waals surface area (Å²) in [5, 5.41) is 2.61. The summed E-state index contributed by atoms with van der Waals surface area (Å²) in [6.07, 6.45) is 0.915. The van der Waals surface area contributed by atoms with Gasteiger partial charge in [0.15, 0.2) is 11.5 Å². The molecule has 11 heteroatoms. The molecule has 1 aliphatic heterocycles. The summed E-state index contributed by atoms with van der Waals surface area (Å²) in [7, 11) is -2.58. The van der Waals surface area contributed by atoms with Crippen LogP contribution in [0.1, 0.15) is 12.8 Å². The van der Waals surface area contributed by atoms with E-state index in [0.717, 1.165) is 12.1 Å². The minimum Gasteiger partial charge on any atom is -0.493 e. The fourth-order valence-electron chi connectivity index (χ4n) is 3.32. The van der Waals surface area contributed by atoms with E-state index in [1.807, 2.05) is 0 Å². The van der Waals surface area contributed by atoms with E-state index in [0.29, 0.717) is 12.8 Å². The second kappa shape index (κ2) is 9.56. The molecule has 3 rings (SSSR count). The normalized spacial score (nSPS) is 17.4. The number of amides is 1. The van der Waals surface area contributed by atoms with Crippen LogP contribution in [-0.2, 0) is 14.8 Å². The highest BCUT2D eigenvalue weighted by Gasteiger charge is 2.33. The molecular weight excluding hydrogens is 437 g/mol. The van der Waals surface area contributed by atoms with Crippen LogP contribution in [0.2, 0.25) is 0 Å². The van der Waals surface area contributed by atoms with Crippen LogP contribution < -0.4 is 14.8 Å². The highest BCUT2D eigenvalue weighted by molar-refractivity contribution is 7.89. The monoisotopic (exact) mass is 458 g/mol. The highest BCUT2D eigenvalue weighted by Crippen LogP contribution is 2.32. The Balaban J connectivity index is 1.72. The van der Waals surface area contributed by atoms with Gasteiger partial charge in [0, 0.05) is 24.8 Å². The Morgan fingerprint density at radius 2 is 1.87 bits per heavy atom. The van der Waals surface area contributed by atoms with Crippen molar-refractivity contribution in [2.24, 2.45) is 5.92 Å². The van der Waals surface area contributed by atoms with Gasteiger partial charge in [-0.3, -0.25) is 4.79 Å². The van der Waals surface area contributed by atoms with Gasteiger partial charge in [-0.2, -0.15) is 13.1 Å². The molecule has 1 atom stereocenters. The minimum absolute atomic E-state index is 0.0535. The van der Waals surface area contributed by atoms with Crippen molar-refractivity contribution < 1.29 is 35.9 Å². The first-order valence-electron chi connectivity index (χ1n) is 9.40. The average Bonchev–Trinajstić information content (AvgIpc) is 2.74. The smallest absolute Gasteiger partial charge is 0.387 e. The Hall–Kier alpha value is -2.79. The zero-order valence-corrected chi connectivity index (χ0v) is 17.4. The molecule has 1 aliphatic rings. The number of piperidine rings is 1. The lowest BCUT2D eigenvalue weighted by atomic mass is 9.98. The fraction of sp³-hybridized carbons (Fsp3) is 0.350. The van der Waals surface area contributed by atoms with Gasteiger partial charge in [-0.05, 0) is 49.2 Å². The standard InChI is InChI=1S/C20H21F3N2O5S/c1-29-17-9-6-15(11-18(17)30-20(22)23)24-19(26)13-3-2-10-25(12-13)31(27,28)16-7-4-14(21)5-8-16/h4-9,11,13,20H,2-3,10,12H2,1H3,(H,24,26). The van der Waals surface area contributed by atoms with Crippen LogP contribution in [0.3, 0.4) is 0 Å². The van der Waals surface area contributed by atoms with Gasteiger partial charge in [0.1, 0.15) is 5.82 Å². The summed E-state index contributed by atoms with van der Waals surface area (Å²) in [4.78, 5) is 12.7. The third-order valence-electron chi connectivity index (χ3n) is 4.85. The number of anilines is 1. The molecule has 0 saturated carbocycles. The molecule has 0 aromatic heterocycles. The van der Waals surface area contributed by atoms with Crippen molar-refractivity contribution in [2.75, 3.05) is 25.5 Å². The number of methoxy groups -OCH3 is 1. The van der Waals surface area contributed by atoms with Crippen LogP contribution in [-0.4, -0.2) is 45.4 Å². The number of nitrogens with zero attached hydrogens (tertiary/aromatic N) is 1. The van der Waals surface area contributed by atoms with E-state index >= 15 is 0 Å². The average molecular weight is 458 g/mol. The first-order chi connectivity index (χ1) is 14.7. The third kappa shape index (κ3) is 5.47. The number of carbonyl (C=O) groups excluding carboxylic acids is 1. The van der Waals surface area contributed by atoms with Gasteiger partial charge in [-0.1, -0.05) is 0 Å². The topological polar surface area (TPSA) is 84.9 Å². The molecule has 2 aromatic carbocycles. The number of alkyl halides is 2. The van der Waals surface area contributed by atoms with Crippen molar-refractivity contribution in [2.45, 2.75) is 24.3 Å². The first kappa shape index (κ1) is 22.9. The van der Waals surface area contributed by atoms with Crippen molar-refractivity contribution in [3.05, 3.63) is 48.3 Å². The van der Waals surface area contributed by atoms with E-state index in [2.05, 4.69) is 10.1 Å². The number of carbonyl (C=O) groups is 1. The van der Waals surface area contributed by atoms with Gasteiger partial charge in [-0.25, -0.2) is 12.8 Å². The van der Waals surface area contributed by atoms with Crippen LogP contribution in [0.15, 0.2) is 47.4 Å². The molecule has 0 bridgehead atoms. The summed E-state index contributed by atoms with van der Waals surface area (Å²) in [5.74, 6) is -1.81. The molecule has 0 radical (unpaired) electrons. The zero-order valence-electron chi connectivity index (χ0n) is 16.6. The lowest BCUT2D eigenvalue weighted by Gasteiger charge is -2.31. The zero-order chi connectivity index (χ0) is 22.6. The highest BCUT2D eigenvalue weighted by atomic mass is 32.2. The van der Waals surface area contributed by atoms with Crippen molar-refractivity contribution in [3.63, 3.8) is 0 Å². The molecule has 168 valence electrons. The lowest BCUT2D eigenvalue weighted by Crippen LogP contribution is -2.43. The number of sulfonamides is 1. The summed E-state index contributed by atoms with van der Waals surface area (Å²) >= 11 is 0. The van der Waals surface area contributed by atoms with Crippen LogP contribution in [0.5, 0.6) is 11.5 Å². The number of rotatable bonds is 7. The first-order valence-corrected chi connectivity index (χ1v) is 10.8. The van der Waals surface area contributed by atoms with Gasteiger partial charge in [-0.15, -0.1) is 0 Å². The summed E-state index contributed by atoms with van der Waals surface area (Å²) in [5.41, 5.74) is 0.208. The molecule has 1 N–H and O–H groups in total. The second-order valence-electron chi connectivity index (χ2n) is 6.89. The Bertz CT molecular complexity index is 1030. The molecule has 0 spiro atoms. The van der Waals surface area contributed by atoms with Gasteiger partial charge >= 0.3 is 6.61 Å². The summed E-state index contributed by atoms with van der Waals surface area (Å²) in [6, 6.07) is 8.52. The Morgan fingerprint density at radius 3 is 2.52 bits per heavy atom. The molecular formula is C20H21F3N2O5S. The van der Waals surface area contributed by atoms with Crippen LogP contribution in [0.4, 0.5) is 18.9 Å². The second-order valence-corrected chi connectivity index (χ2v) is 8.83. The number of nitrogens with one attached hydrogen (secondary N) is 1. The van der Waals surface area contributed by atoms with E-state index in [9.17, 15) is 26.4 Å². The number of hydrogen-bond acceptors (Lipinski definition) is 5. The predicted octanol–water partition coefficient (Wildman–Crippen LogP) is 3.48. The third-order valence-corrected chi connectivity index (χ3v) is 6.73. The quantitative estimate of drug-likeness (QED) is 0.687. The van der Waals surface area contributed by atoms with E-state index < -0.39 is 34.3 Å². The molecule has 0 aliphatic carbocycles. The van der Waals surface area contributed by atoms with Crippen molar-refractivity contribution in [3.8, 4) is 11.5 Å². The summed E-state index contributed by atoms with van der Waals surface area (Å²) in [6.45, 7) is -2.89. The molecule has 1 heterocycles. The molecule has 1 amide bonds. The van der Waals surface area contributed by atoms with E-state index in [1.54, 1.807) is 0 Å². The number of ether oxygens (including phenoxy) is 2. The maximum absolute atomic E-state index is 13.1.